The van der Waals surface area contributed by atoms with Crippen LogP contribution in [0.15, 0.2) is 60.1 Å². The molecule has 1 N–H and O–H groups in total. The lowest BCUT2D eigenvalue weighted by Gasteiger charge is -2.07. The van der Waals surface area contributed by atoms with Crippen LogP contribution in [0.3, 0.4) is 0 Å². The minimum atomic E-state index is -0.722. The summed E-state index contributed by atoms with van der Waals surface area (Å²) in [5.41, 5.74) is 1.16. The number of benzene rings is 1. The second-order valence-corrected chi connectivity index (χ2v) is 5.26. The highest BCUT2D eigenvalue weighted by Gasteiger charge is 2.13. The number of halogens is 1. The third kappa shape index (κ3) is 3.47. The van der Waals surface area contributed by atoms with Crippen LogP contribution in [0.5, 0.6) is 0 Å². The average molecular weight is 344 g/mol. The van der Waals surface area contributed by atoms with E-state index < -0.39 is 6.09 Å². The van der Waals surface area contributed by atoms with Gasteiger partial charge in [-0.25, -0.2) is 4.79 Å². The van der Waals surface area contributed by atoms with E-state index in [-0.39, 0.29) is 0 Å². The van der Waals surface area contributed by atoms with E-state index in [1.165, 1.54) is 12.4 Å². The molecule has 2 heterocycles. The van der Waals surface area contributed by atoms with Gasteiger partial charge in [-0.15, -0.1) is 0 Å². The third-order valence-electron chi connectivity index (χ3n) is 3.23. The maximum atomic E-state index is 11.9. The molecule has 0 bridgehead atoms. The molecule has 0 aliphatic rings. The third-order valence-corrected chi connectivity index (χ3v) is 3.57. The van der Waals surface area contributed by atoms with Crippen LogP contribution >= 0.6 is 11.6 Å². The van der Waals surface area contributed by atoms with Crippen molar-refractivity contribution in [2.24, 2.45) is 12.2 Å². The van der Waals surface area contributed by atoms with Gasteiger partial charge in [-0.3, -0.25) is 14.8 Å². The van der Waals surface area contributed by atoms with Crippen molar-refractivity contribution in [3.05, 3.63) is 65.6 Å². The van der Waals surface area contributed by atoms with Crippen molar-refractivity contribution >= 4 is 29.6 Å². The van der Waals surface area contributed by atoms with Gasteiger partial charge in [-0.1, -0.05) is 35.0 Å². The molecular weight excluding hydrogens is 330 g/mol. The Balaban J connectivity index is 1.67. The van der Waals surface area contributed by atoms with E-state index in [9.17, 15) is 4.79 Å². The number of carbonyl (C=O) groups is 1. The molecule has 1 amide bonds. The van der Waals surface area contributed by atoms with Crippen molar-refractivity contribution in [3.63, 3.8) is 0 Å². The molecule has 0 atom stereocenters. The Kier molecular flexibility index (Phi) is 4.62. The summed E-state index contributed by atoms with van der Waals surface area (Å²) in [6.45, 7) is 0. The summed E-state index contributed by atoms with van der Waals surface area (Å²) in [6.07, 6.45) is 5.89. The molecular formula is C16H14ClN5O2. The van der Waals surface area contributed by atoms with Crippen LogP contribution < -0.4 is 5.32 Å². The highest BCUT2D eigenvalue weighted by Crippen LogP contribution is 2.19. The van der Waals surface area contributed by atoms with Gasteiger partial charge in [0.2, 0.25) is 0 Å². The van der Waals surface area contributed by atoms with Gasteiger partial charge >= 0.3 is 6.09 Å². The Morgan fingerprint density at radius 3 is 2.79 bits per heavy atom. The van der Waals surface area contributed by atoms with E-state index in [4.69, 9.17) is 16.4 Å². The van der Waals surface area contributed by atoms with E-state index in [1.807, 2.05) is 35.2 Å². The number of nitrogens with one attached hydrogen (secondary N) is 1. The predicted molar refractivity (Wildman–Crippen MR) is 91.7 cm³/mol. The number of hydrogen-bond donors (Lipinski definition) is 1. The number of nitrogens with zero attached hydrogens (tertiary/aromatic N) is 4. The van der Waals surface area contributed by atoms with Gasteiger partial charge in [0.15, 0.2) is 5.82 Å². The smallest absolute Gasteiger partial charge is 0.307 e. The van der Waals surface area contributed by atoms with E-state index in [0.717, 1.165) is 0 Å². The van der Waals surface area contributed by atoms with Crippen LogP contribution in [-0.4, -0.2) is 26.7 Å². The van der Waals surface area contributed by atoms with Crippen molar-refractivity contribution in [1.82, 2.24) is 14.3 Å². The van der Waals surface area contributed by atoms with Gasteiger partial charge in [-0.2, -0.15) is 5.10 Å². The number of aryl methyl sites for hydroxylation is 1. The first-order valence-corrected chi connectivity index (χ1v) is 7.44. The topological polar surface area (TPSA) is 73.4 Å². The second kappa shape index (κ2) is 7.01. The average Bonchev–Trinajstić information content (AvgIpc) is 3.19. The van der Waals surface area contributed by atoms with E-state index in [2.05, 4.69) is 15.6 Å². The number of aromatic nitrogens is 3. The molecule has 0 spiro atoms. The maximum absolute atomic E-state index is 11.9. The van der Waals surface area contributed by atoms with Crippen molar-refractivity contribution in [3.8, 4) is 5.82 Å². The van der Waals surface area contributed by atoms with Gasteiger partial charge in [0, 0.05) is 30.0 Å². The summed E-state index contributed by atoms with van der Waals surface area (Å²) < 4.78 is 3.47. The van der Waals surface area contributed by atoms with E-state index in [1.54, 1.807) is 29.9 Å². The molecule has 7 nitrogen and oxygen atoms in total. The lowest BCUT2D eigenvalue weighted by atomic mass is 10.2. The summed E-state index contributed by atoms with van der Waals surface area (Å²) in [7, 11) is 1.78. The van der Waals surface area contributed by atoms with Gasteiger partial charge < -0.3 is 4.57 Å². The van der Waals surface area contributed by atoms with Gasteiger partial charge in [0.25, 0.3) is 0 Å². The molecule has 0 saturated heterocycles. The lowest BCUT2D eigenvalue weighted by Crippen LogP contribution is -2.13. The predicted octanol–water partition coefficient (Wildman–Crippen LogP) is 3.45. The SMILES string of the molecule is Cn1ncc(NC(=O)O/N=C/c2ccccc2Cl)c1-n1cccc1. The zero-order chi connectivity index (χ0) is 16.9. The zero-order valence-corrected chi connectivity index (χ0v) is 13.5. The maximum Gasteiger partial charge on any atom is 0.437 e. The second-order valence-electron chi connectivity index (χ2n) is 4.86. The molecule has 0 unspecified atom stereocenters. The Labute approximate surface area is 143 Å². The zero-order valence-electron chi connectivity index (χ0n) is 12.8. The highest BCUT2D eigenvalue weighted by molar-refractivity contribution is 6.33. The fourth-order valence-corrected chi connectivity index (χ4v) is 2.33. The minimum Gasteiger partial charge on any atom is -0.307 e. The summed E-state index contributed by atoms with van der Waals surface area (Å²) in [6, 6.07) is 10.9. The Morgan fingerprint density at radius 2 is 2.04 bits per heavy atom. The van der Waals surface area contributed by atoms with Crippen LogP contribution in [0.2, 0.25) is 5.02 Å². The molecule has 0 saturated carbocycles. The molecule has 0 radical (unpaired) electrons. The molecule has 0 fully saturated rings. The highest BCUT2D eigenvalue weighted by atomic mass is 35.5. The molecule has 122 valence electrons. The monoisotopic (exact) mass is 343 g/mol. The van der Waals surface area contributed by atoms with Gasteiger partial charge in [0.05, 0.1) is 12.4 Å². The van der Waals surface area contributed by atoms with Crippen molar-refractivity contribution in [1.29, 1.82) is 0 Å². The lowest BCUT2D eigenvalue weighted by molar-refractivity contribution is 0.167. The van der Waals surface area contributed by atoms with E-state index in [0.29, 0.717) is 22.1 Å². The quantitative estimate of drug-likeness (QED) is 0.448. The largest absolute Gasteiger partial charge is 0.437 e. The van der Waals surface area contributed by atoms with Gasteiger partial charge in [0.1, 0.15) is 5.69 Å². The molecule has 1 aromatic carbocycles. The number of hydrogen-bond acceptors (Lipinski definition) is 4. The Morgan fingerprint density at radius 1 is 1.29 bits per heavy atom. The summed E-state index contributed by atoms with van der Waals surface area (Å²) >= 11 is 5.99. The summed E-state index contributed by atoms with van der Waals surface area (Å²) in [4.78, 5) is 16.7. The number of oxime groups is 1. The Hall–Kier alpha value is -3.06. The van der Waals surface area contributed by atoms with Crippen molar-refractivity contribution < 1.29 is 9.63 Å². The normalized spacial score (nSPS) is 10.9. The number of amides is 1. The van der Waals surface area contributed by atoms with Crippen LogP contribution in [0.4, 0.5) is 10.5 Å². The number of rotatable bonds is 4. The fourth-order valence-electron chi connectivity index (χ4n) is 2.14. The number of carbonyl (C=O) groups excluding carboxylic acids is 1. The summed E-state index contributed by atoms with van der Waals surface area (Å²) in [5.74, 6) is 0.701. The molecule has 3 rings (SSSR count). The van der Waals surface area contributed by atoms with Crippen molar-refractivity contribution in [2.75, 3.05) is 5.32 Å². The van der Waals surface area contributed by atoms with Crippen LogP contribution in [0.1, 0.15) is 5.56 Å². The Bertz CT molecular complexity index is 870. The standard InChI is InChI=1S/C16H14ClN5O2/c1-21-15(22-8-4-5-9-22)14(11-18-21)20-16(23)24-19-10-12-6-2-3-7-13(12)17/h2-11H,1H3,(H,20,23)/b19-10+. The van der Waals surface area contributed by atoms with E-state index >= 15 is 0 Å². The molecule has 0 aliphatic heterocycles. The molecule has 0 aliphatic carbocycles. The number of anilines is 1. The van der Waals surface area contributed by atoms with Gasteiger partial charge in [-0.05, 0) is 18.2 Å². The first kappa shape index (κ1) is 15.8. The van der Waals surface area contributed by atoms with Crippen LogP contribution in [0, 0.1) is 0 Å². The molecule has 24 heavy (non-hydrogen) atoms. The summed E-state index contributed by atoms with van der Waals surface area (Å²) in [5, 5.41) is 10.9. The first-order chi connectivity index (χ1) is 11.6. The fraction of sp³-hybridized carbons (Fsp3) is 0.0625. The molecule has 8 heteroatoms. The van der Waals surface area contributed by atoms with Crippen LogP contribution in [0.25, 0.3) is 5.82 Å². The van der Waals surface area contributed by atoms with Crippen molar-refractivity contribution in [2.45, 2.75) is 0 Å². The molecule has 3 aromatic rings. The van der Waals surface area contributed by atoms with Crippen LogP contribution in [-0.2, 0) is 11.9 Å². The first-order valence-electron chi connectivity index (χ1n) is 7.06. The minimum absolute atomic E-state index is 0.506. The molecule has 2 aromatic heterocycles.